The maximum absolute atomic E-state index is 10.5. The molecule has 2 atom stereocenters. The monoisotopic (exact) mass is 332 g/mol. The molecule has 2 heterocycles. The van der Waals surface area contributed by atoms with E-state index >= 15 is 0 Å². The largest absolute Gasteiger partial charge is 0.390 e. The van der Waals surface area contributed by atoms with Gasteiger partial charge in [-0.3, -0.25) is 0 Å². The number of aliphatic hydroxyl groups excluding tert-OH is 1. The van der Waals surface area contributed by atoms with Gasteiger partial charge < -0.3 is 14.6 Å². The van der Waals surface area contributed by atoms with Crippen LogP contribution in [0.1, 0.15) is 31.6 Å². The van der Waals surface area contributed by atoms with E-state index in [0.717, 1.165) is 12.8 Å². The van der Waals surface area contributed by atoms with E-state index in [0.29, 0.717) is 13.0 Å². The molecule has 2 aromatic rings. The Hall–Kier alpha value is -1.20. The fourth-order valence-electron chi connectivity index (χ4n) is 3.00. The average Bonchev–Trinajstić information content (AvgIpc) is 3.23. The van der Waals surface area contributed by atoms with Gasteiger partial charge in [0.25, 0.3) is 0 Å². The molecule has 1 N–H and O–H groups in total. The topological polar surface area (TPSA) is 38.7 Å². The molecule has 0 saturated carbocycles. The van der Waals surface area contributed by atoms with E-state index < -0.39 is 11.9 Å². The van der Waals surface area contributed by atoms with E-state index in [-0.39, 0.29) is 6.10 Å². The Morgan fingerprint density at radius 3 is 2.61 bits per heavy atom. The van der Waals surface area contributed by atoms with Gasteiger partial charge in [-0.1, -0.05) is 44.2 Å². The van der Waals surface area contributed by atoms with Crippen molar-refractivity contribution in [1.82, 2.24) is 0 Å². The zero-order chi connectivity index (χ0) is 16.3. The molecular weight excluding hydrogens is 308 g/mol. The molecule has 3 nitrogen and oxygen atoms in total. The molecule has 1 aromatic heterocycles. The smallest absolute Gasteiger partial charge is 0.168 e. The second-order valence-corrected chi connectivity index (χ2v) is 7.02. The number of hydrogen-bond donors (Lipinski definition) is 1. The van der Waals surface area contributed by atoms with Crippen LogP contribution in [-0.4, -0.2) is 29.7 Å². The molecule has 4 heteroatoms. The number of thiophene rings is 1. The fraction of sp³-hybridized carbons (Fsp3) is 0.474. The summed E-state index contributed by atoms with van der Waals surface area (Å²) < 4.78 is 11.8. The summed E-state index contributed by atoms with van der Waals surface area (Å²) in [7, 11) is 0. The third-order valence-corrected chi connectivity index (χ3v) is 5.51. The van der Waals surface area contributed by atoms with Crippen molar-refractivity contribution >= 4 is 11.3 Å². The predicted molar refractivity (Wildman–Crippen MR) is 93.6 cm³/mol. The highest BCUT2D eigenvalue weighted by atomic mass is 32.1. The van der Waals surface area contributed by atoms with Crippen molar-refractivity contribution < 1.29 is 14.6 Å². The van der Waals surface area contributed by atoms with E-state index in [2.05, 4.69) is 37.4 Å². The molecule has 0 unspecified atom stereocenters. The van der Waals surface area contributed by atoms with Gasteiger partial charge in [0.2, 0.25) is 0 Å². The Labute approximate surface area is 141 Å². The normalized spacial score (nSPS) is 21.4. The molecular formula is C19H24O3S. The van der Waals surface area contributed by atoms with Crippen LogP contribution in [0.2, 0.25) is 0 Å². The summed E-state index contributed by atoms with van der Waals surface area (Å²) >= 11 is 1.69. The third-order valence-electron chi connectivity index (χ3n) is 4.55. The lowest BCUT2D eigenvalue weighted by atomic mass is 10.1. The molecule has 0 bridgehead atoms. The minimum absolute atomic E-state index is 0.239. The summed E-state index contributed by atoms with van der Waals surface area (Å²) in [6.07, 6.45) is 1.46. The van der Waals surface area contributed by atoms with Crippen molar-refractivity contribution in [2.45, 2.75) is 51.1 Å². The second kappa shape index (κ2) is 7.14. The summed E-state index contributed by atoms with van der Waals surface area (Å²) in [6.45, 7) is 4.59. The maximum Gasteiger partial charge on any atom is 0.168 e. The fourth-order valence-corrected chi connectivity index (χ4v) is 3.94. The van der Waals surface area contributed by atoms with Crippen LogP contribution in [0.15, 0.2) is 41.8 Å². The molecule has 0 aliphatic carbocycles. The van der Waals surface area contributed by atoms with Crippen molar-refractivity contribution in [3.05, 3.63) is 46.7 Å². The van der Waals surface area contributed by atoms with Gasteiger partial charge >= 0.3 is 0 Å². The first-order chi connectivity index (χ1) is 11.2. The first kappa shape index (κ1) is 16.7. The Morgan fingerprint density at radius 1 is 1.22 bits per heavy atom. The standard InChI is InChI=1S/C19H24O3S/c1-3-19(4-2)21-12-18(22-19)17(20)11-16-10-15(13-23-16)14-8-6-5-7-9-14/h5-10,13,17-18,20H,3-4,11-12H2,1-2H3/t17-,18-/m1/s1. The van der Waals surface area contributed by atoms with E-state index in [1.54, 1.807) is 11.3 Å². The summed E-state index contributed by atoms with van der Waals surface area (Å²) in [6, 6.07) is 12.5. The highest BCUT2D eigenvalue weighted by Gasteiger charge is 2.41. The average molecular weight is 332 g/mol. The van der Waals surface area contributed by atoms with Crippen LogP contribution in [0.3, 0.4) is 0 Å². The first-order valence-electron chi connectivity index (χ1n) is 8.28. The van der Waals surface area contributed by atoms with Crippen molar-refractivity contribution in [1.29, 1.82) is 0 Å². The Bertz CT molecular complexity index is 619. The van der Waals surface area contributed by atoms with Crippen molar-refractivity contribution in [3.8, 4) is 11.1 Å². The lowest BCUT2D eigenvalue weighted by Gasteiger charge is -2.26. The molecule has 1 aromatic carbocycles. The first-order valence-corrected chi connectivity index (χ1v) is 9.16. The van der Waals surface area contributed by atoms with Crippen molar-refractivity contribution in [3.63, 3.8) is 0 Å². The van der Waals surface area contributed by atoms with Gasteiger partial charge in [-0.25, -0.2) is 0 Å². The molecule has 124 valence electrons. The zero-order valence-electron chi connectivity index (χ0n) is 13.7. The maximum atomic E-state index is 10.5. The molecule has 1 saturated heterocycles. The van der Waals surface area contributed by atoms with Gasteiger partial charge in [-0.05, 0) is 35.4 Å². The highest BCUT2D eigenvalue weighted by Crippen LogP contribution is 2.33. The number of rotatable bonds is 6. The van der Waals surface area contributed by atoms with E-state index in [4.69, 9.17) is 9.47 Å². The van der Waals surface area contributed by atoms with Crippen LogP contribution in [0, 0.1) is 0 Å². The third kappa shape index (κ3) is 3.66. The Kier molecular flexibility index (Phi) is 5.17. The molecule has 0 amide bonds. The number of hydrogen-bond acceptors (Lipinski definition) is 4. The zero-order valence-corrected chi connectivity index (χ0v) is 14.5. The molecule has 23 heavy (non-hydrogen) atoms. The van der Waals surface area contributed by atoms with Gasteiger partial charge in [0.05, 0.1) is 12.7 Å². The number of ether oxygens (including phenoxy) is 2. The van der Waals surface area contributed by atoms with E-state index in [1.807, 2.05) is 18.2 Å². The number of benzene rings is 1. The second-order valence-electron chi connectivity index (χ2n) is 6.02. The minimum Gasteiger partial charge on any atom is -0.390 e. The van der Waals surface area contributed by atoms with Crippen LogP contribution in [0.4, 0.5) is 0 Å². The van der Waals surface area contributed by atoms with Crippen molar-refractivity contribution in [2.24, 2.45) is 0 Å². The van der Waals surface area contributed by atoms with Crippen LogP contribution in [0.5, 0.6) is 0 Å². The molecule has 0 radical (unpaired) electrons. The van der Waals surface area contributed by atoms with Gasteiger partial charge in [0.15, 0.2) is 5.79 Å². The van der Waals surface area contributed by atoms with Crippen LogP contribution >= 0.6 is 11.3 Å². The number of aliphatic hydroxyl groups is 1. The minimum atomic E-state index is -0.530. The van der Waals surface area contributed by atoms with Crippen LogP contribution in [-0.2, 0) is 15.9 Å². The summed E-state index contributed by atoms with van der Waals surface area (Å²) in [5.74, 6) is -0.504. The highest BCUT2D eigenvalue weighted by molar-refractivity contribution is 7.10. The summed E-state index contributed by atoms with van der Waals surface area (Å²) in [5.41, 5.74) is 2.42. The molecule has 0 spiro atoms. The molecule has 3 rings (SSSR count). The predicted octanol–water partition coefficient (Wildman–Crippen LogP) is 4.25. The Balaban J connectivity index is 1.63. The lowest BCUT2D eigenvalue weighted by Crippen LogP contribution is -2.34. The van der Waals surface area contributed by atoms with Crippen molar-refractivity contribution in [2.75, 3.05) is 6.61 Å². The van der Waals surface area contributed by atoms with E-state index in [9.17, 15) is 5.11 Å². The SMILES string of the molecule is CCC1(CC)OC[C@H]([C@H](O)Cc2cc(-c3ccccc3)cs2)O1. The quantitative estimate of drug-likeness (QED) is 0.859. The van der Waals surface area contributed by atoms with Crippen LogP contribution in [0.25, 0.3) is 11.1 Å². The molecule has 1 fully saturated rings. The van der Waals surface area contributed by atoms with Gasteiger partial charge in [0.1, 0.15) is 6.10 Å². The Morgan fingerprint density at radius 2 is 1.96 bits per heavy atom. The lowest BCUT2D eigenvalue weighted by molar-refractivity contribution is -0.181. The molecule has 1 aliphatic rings. The van der Waals surface area contributed by atoms with Gasteiger partial charge in [-0.15, -0.1) is 11.3 Å². The van der Waals surface area contributed by atoms with E-state index in [1.165, 1.54) is 16.0 Å². The van der Waals surface area contributed by atoms with Gasteiger partial charge in [0, 0.05) is 11.3 Å². The summed E-state index contributed by atoms with van der Waals surface area (Å²) in [4.78, 5) is 1.17. The van der Waals surface area contributed by atoms with Gasteiger partial charge in [-0.2, -0.15) is 0 Å². The molecule has 1 aliphatic heterocycles. The summed E-state index contributed by atoms with van der Waals surface area (Å²) in [5, 5.41) is 12.7. The van der Waals surface area contributed by atoms with Crippen LogP contribution < -0.4 is 0 Å².